The number of methoxy groups -OCH3 is 1. The van der Waals surface area contributed by atoms with Crippen LogP contribution in [-0.4, -0.2) is 54.2 Å². The molecular weight excluding hydrogens is 365 g/mol. The minimum Gasteiger partial charge on any atom is -0.478 e. The molecule has 2 aromatic heterocycles. The van der Waals surface area contributed by atoms with Crippen LogP contribution in [0.3, 0.4) is 0 Å². The Labute approximate surface area is 160 Å². The van der Waals surface area contributed by atoms with Crippen LogP contribution in [0.2, 0.25) is 0 Å². The lowest BCUT2D eigenvalue weighted by molar-refractivity contribution is 0.208. The summed E-state index contributed by atoms with van der Waals surface area (Å²) in [7, 11) is 1.45. The van der Waals surface area contributed by atoms with Crippen molar-refractivity contribution >= 4 is 28.8 Å². The maximum atomic E-state index is 13.7. The van der Waals surface area contributed by atoms with Crippen molar-refractivity contribution in [3.63, 3.8) is 0 Å². The maximum absolute atomic E-state index is 13.7. The molecule has 1 saturated heterocycles. The summed E-state index contributed by atoms with van der Waals surface area (Å²) in [5.74, 6) is 0.171. The monoisotopic (exact) mass is 385 g/mol. The Morgan fingerprint density at radius 2 is 2.00 bits per heavy atom. The quantitative estimate of drug-likeness (QED) is 0.746. The molecule has 1 aromatic carbocycles. The minimum atomic E-state index is -0.287. The number of hydrogen-bond acceptors (Lipinski definition) is 6. The van der Waals surface area contributed by atoms with Crippen molar-refractivity contribution in [1.29, 1.82) is 0 Å². The van der Waals surface area contributed by atoms with Crippen LogP contribution in [0.1, 0.15) is 5.56 Å². The van der Waals surface area contributed by atoms with Gasteiger partial charge >= 0.3 is 6.03 Å². The first-order chi connectivity index (χ1) is 13.5. The van der Waals surface area contributed by atoms with Crippen LogP contribution in [0.25, 0.3) is 11.2 Å². The van der Waals surface area contributed by atoms with Crippen molar-refractivity contribution in [2.75, 3.05) is 43.5 Å². The molecule has 1 N–H and O–H groups in total. The average molecular weight is 385 g/mol. The van der Waals surface area contributed by atoms with Gasteiger partial charge in [0.25, 0.3) is 5.88 Å². The smallest absolute Gasteiger partial charge is 0.323 e. The molecule has 0 unspecified atom stereocenters. The van der Waals surface area contributed by atoms with Crippen LogP contribution in [-0.2, 0) is 0 Å². The molecule has 8 nitrogen and oxygen atoms in total. The van der Waals surface area contributed by atoms with Crippen molar-refractivity contribution in [2.45, 2.75) is 6.92 Å². The Morgan fingerprint density at radius 3 is 2.71 bits per heavy atom. The van der Waals surface area contributed by atoms with Gasteiger partial charge in [-0.2, -0.15) is 4.98 Å². The fraction of sp³-hybridized carbons (Fsp3) is 0.316. The zero-order chi connectivity index (χ0) is 19.7. The highest BCUT2D eigenvalue weighted by atomic mass is 19.1. The van der Waals surface area contributed by atoms with Crippen LogP contribution in [0, 0.1) is 12.7 Å². The van der Waals surface area contributed by atoms with Gasteiger partial charge in [0.2, 0.25) is 5.71 Å². The van der Waals surface area contributed by atoms with Gasteiger partial charge in [-0.05, 0) is 30.7 Å². The molecule has 2 amide bonds. The van der Waals surface area contributed by atoms with Crippen molar-refractivity contribution in [1.82, 2.24) is 14.9 Å². The zero-order valence-corrected chi connectivity index (χ0v) is 15.6. The Bertz CT molecular complexity index is 994. The van der Waals surface area contributed by atoms with Gasteiger partial charge in [-0.1, -0.05) is 0 Å². The summed E-state index contributed by atoms with van der Waals surface area (Å²) in [5.41, 5.74) is 2.57. The first kappa shape index (κ1) is 18.0. The van der Waals surface area contributed by atoms with E-state index in [1.165, 1.54) is 25.5 Å². The van der Waals surface area contributed by atoms with Gasteiger partial charge in [0.15, 0.2) is 5.82 Å². The number of carbonyl (C=O) groups is 1. The Morgan fingerprint density at radius 1 is 1.21 bits per heavy atom. The molecule has 1 aliphatic rings. The summed E-state index contributed by atoms with van der Waals surface area (Å²) in [4.78, 5) is 24.9. The lowest BCUT2D eigenvalue weighted by Gasteiger charge is -2.36. The third kappa shape index (κ3) is 3.55. The van der Waals surface area contributed by atoms with E-state index < -0.39 is 0 Å². The molecule has 146 valence electrons. The summed E-state index contributed by atoms with van der Waals surface area (Å²) < 4.78 is 24.1. The van der Waals surface area contributed by atoms with Crippen LogP contribution in [0.15, 0.2) is 34.9 Å². The number of piperazine rings is 1. The van der Waals surface area contributed by atoms with E-state index in [0.717, 1.165) is 11.3 Å². The lowest BCUT2D eigenvalue weighted by Crippen LogP contribution is -2.50. The lowest BCUT2D eigenvalue weighted by atomic mass is 10.2. The van der Waals surface area contributed by atoms with Crippen molar-refractivity contribution in [2.24, 2.45) is 0 Å². The van der Waals surface area contributed by atoms with E-state index in [0.29, 0.717) is 37.4 Å². The highest BCUT2D eigenvalue weighted by Crippen LogP contribution is 2.24. The molecule has 3 aromatic rings. The van der Waals surface area contributed by atoms with Crippen molar-refractivity contribution in [3.8, 4) is 5.88 Å². The summed E-state index contributed by atoms with van der Waals surface area (Å²) in [6, 6.07) is 6.34. The van der Waals surface area contributed by atoms with Gasteiger partial charge in [0, 0.05) is 37.9 Å². The number of rotatable bonds is 3. The maximum Gasteiger partial charge on any atom is 0.323 e. The topological polar surface area (TPSA) is 83.7 Å². The molecule has 1 fully saturated rings. The minimum absolute atomic E-state index is 0.185. The Balaban J connectivity index is 1.43. The molecule has 0 spiro atoms. The number of halogens is 1. The third-order valence-electron chi connectivity index (χ3n) is 4.64. The molecule has 0 aliphatic carbocycles. The number of carbonyl (C=O) groups excluding carboxylic acids is 1. The number of aryl methyl sites for hydroxylation is 1. The number of aromatic nitrogens is 2. The van der Waals surface area contributed by atoms with Gasteiger partial charge in [0.05, 0.1) is 13.4 Å². The zero-order valence-electron chi connectivity index (χ0n) is 15.6. The molecule has 0 radical (unpaired) electrons. The van der Waals surface area contributed by atoms with Crippen LogP contribution < -0.4 is 15.0 Å². The molecule has 0 saturated carbocycles. The van der Waals surface area contributed by atoms with E-state index in [-0.39, 0.29) is 23.5 Å². The summed E-state index contributed by atoms with van der Waals surface area (Å²) in [6.45, 7) is 4.09. The molecule has 0 bridgehead atoms. The molecule has 1 aliphatic heterocycles. The second kappa shape index (κ2) is 7.34. The fourth-order valence-corrected chi connectivity index (χ4v) is 3.25. The Kier molecular flexibility index (Phi) is 4.72. The number of urea groups is 1. The largest absolute Gasteiger partial charge is 0.478 e. The standard InChI is InChI=1S/C19H20FN5O3/c1-12-9-13(20)11-14(10-12)24-4-6-25(7-5-24)19(26)22-16-18(27-2)23-17-15(21-16)3-8-28-17/h3,8-11H,4-7H2,1-2H3,(H,21,22,26). The fourth-order valence-electron chi connectivity index (χ4n) is 3.25. The number of anilines is 2. The second-order valence-corrected chi connectivity index (χ2v) is 6.58. The van der Waals surface area contributed by atoms with Crippen LogP contribution in [0.4, 0.5) is 20.7 Å². The highest BCUT2D eigenvalue weighted by Gasteiger charge is 2.23. The molecular formula is C19H20FN5O3. The molecule has 0 atom stereocenters. The van der Waals surface area contributed by atoms with Crippen molar-refractivity contribution < 1.29 is 18.3 Å². The van der Waals surface area contributed by atoms with E-state index in [1.807, 2.05) is 13.0 Å². The van der Waals surface area contributed by atoms with Gasteiger partial charge in [-0.15, -0.1) is 0 Å². The van der Waals surface area contributed by atoms with E-state index in [2.05, 4.69) is 20.2 Å². The first-order valence-electron chi connectivity index (χ1n) is 8.91. The highest BCUT2D eigenvalue weighted by molar-refractivity contribution is 5.90. The number of amides is 2. The number of hydrogen-bond donors (Lipinski definition) is 1. The number of nitrogens with zero attached hydrogens (tertiary/aromatic N) is 4. The van der Waals surface area contributed by atoms with E-state index in [4.69, 9.17) is 9.15 Å². The number of furan rings is 1. The van der Waals surface area contributed by atoms with Crippen molar-refractivity contribution in [3.05, 3.63) is 41.9 Å². The summed E-state index contributed by atoms with van der Waals surface area (Å²) in [5, 5.41) is 2.75. The molecule has 4 rings (SSSR count). The van der Waals surface area contributed by atoms with Gasteiger partial charge in [-0.25, -0.2) is 14.2 Å². The molecule has 9 heteroatoms. The molecule has 28 heavy (non-hydrogen) atoms. The summed E-state index contributed by atoms with van der Waals surface area (Å²) >= 11 is 0. The first-order valence-corrected chi connectivity index (χ1v) is 8.91. The normalized spacial score (nSPS) is 14.4. The van der Waals surface area contributed by atoms with Gasteiger partial charge in [-0.3, -0.25) is 5.32 Å². The predicted molar refractivity (Wildman–Crippen MR) is 102 cm³/mol. The Hall–Kier alpha value is -3.36. The van der Waals surface area contributed by atoms with E-state index in [1.54, 1.807) is 11.0 Å². The number of nitrogens with one attached hydrogen (secondary N) is 1. The average Bonchev–Trinajstić information content (AvgIpc) is 3.14. The van der Waals surface area contributed by atoms with E-state index in [9.17, 15) is 9.18 Å². The number of benzene rings is 1. The van der Waals surface area contributed by atoms with Gasteiger partial charge < -0.3 is 19.0 Å². The number of fused-ring (bicyclic) bond motifs is 1. The van der Waals surface area contributed by atoms with Crippen LogP contribution in [0.5, 0.6) is 5.88 Å². The van der Waals surface area contributed by atoms with Crippen LogP contribution >= 0.6 is 0 Å². The SMILES string of the molecule is COc1nc2occc2nc1NC(=O)N1CCN(c2cc(C)cc(F)c2)CC1. The van der Waals surface area contributed by atoms with E-state index >= 15 is 0 Å². The summed E-state index contributed by atoms with van der Waals surface area (Å²) in [6.07, 6.45) is 1.48. The third-order valence-corrected chi connectivity index (χ3v) is 4.64. The predicted octanol–water partition coefficient (Wildman–Crippen LogP) is 3.03. The second-order valence-electron chi connectivity index (χ2n) is 6.58. The van der Waals surface area contributed by atoms with Gasteiger partial charge in [0.1, 0.15) is 11.3 Å². The molecule has 3 heterocycles. The number of ether oxygens (including phenoxy) is 1.